The van der Waals surface area contributed by atoms with Crippen molar-refractivity contribution in [3.8, 4) is 5.75 Å². The lowest BCUT2D eigenvalue weighted by Gasteiger charge is -2.18. The van der Waals surface area contributed by atoms with Crippen LogP contribution in [0.15, 0.2) is 42.5 Å². The molecule has 0 saturated carbocycles. The number of nitrogens with two attached hydrogens (primary N) is 1. The molecule has 0 unspecified atom stereocenters. The molecular weight excluding hydrogens is 264 g/mol. The molecule has 0 fully saturated rings. The van der Waals surface area contributed by atoms with Gasteiger partial charge in [-0.25, -0.2) is 0 Å². The minimum atomic E-state index is -0.102. The Morgan fingerprint density at radius 3 is 2.62 bits per heavy atom. The molecule has 0 bridgehead atoms. The van der Waals surface area contributed by atoms with Crippen LogP contribution < -0.4 is 15.4 Å². The average molecular weight is 284 g/mol. The number of aryl methyl sites for hydroxylation is 1. The first-order valence-corrected chi connectivity index (χ1v) is 6.90. The van der Waals surface area contributed by atoms with E-state index in [-0.39, 0.29) is 5.91 Å². The summed E-state index contributed by atoms with van der Waals surface area (Å²) >= 11 is 0. The van der Waals surface area contributed by atoms with Gasteiger partial charge in [-0.05, 0) is 49.7 Å². The van der Waals surface area contributed by atoms with Crippen molar-refractivity contribution in [1.82, 2.24) is 0 Å². The van der Waals surface area contributed by atoms with Gasteiger partial charge in [-0.15, -0.1) is 0 Å². The second-order valence-electron chi connectivity index (χ2n) is 4.89. The fourth-order valence-electron chi connectivity index (χ4n) is 2.12. The van der Waals surface area contributed by atoms with Crippen LogP contribution in [0.2, 0.25) is 0 Å². The molecule has 4 heteroatoms. The fourth-order valence-corrected chi connectivity index (χ4v) is 2.12. The normalized spacial score (nSPS) is 10.2. The molecule has 0 atom stereocenters. The summed E-state index contributed by atoms with van der Waals surface area (Å²) in [4.78, 5) is 14.1. The number of ether oxygens (including phenoxy) is 1. The molecule has 4 nitrogen and oxygen atoms in total. The van der Waals surface area contributed by atoms with E-state index in [4.69, 9.17) is 10.5 Å². The van der Waals surface area contributed by atoms with Gasteiger partial charge in [-0.2, -0.15) is 0 Å². The standard InChI is InChI=1S/C17H20N2O2/c1-4-21-16-9-8-13(11-15(16)18)17(20)19(3)14-7-5-6-12(2)10-14/h5-11H,4,18H2,1-3H3. The van der Waals surface area contributed by atoms with Crippen molar-refractivity contribution in [2.45, 2.75) is 13.8 Å². The minimum Gasteiger partial charge on any atom is -0.492 e. The Labute approximate surface area is 125 Å². The lowest BCUT2D eigenvalue weighted by molar-refractivity contribution is 0.0993. The lowest BCUT2D eigenvalue weighted by Crippen LogP contribution is -2.26. The van der Waals surface area contributed by atoms with Gasteiger partial charge in [-0.1, -0.05) is 12.1 Å². The van der Waals surface area contributed by atoms with Crippen molar-refractivity contribution in [3.63, 3.8) is 0 Å². The molecule has 0 aliphatic heterocycles. The Hall–Kier alpha value is -2.49. The topological polar surface area (TPSA) is 55.6 Å². The van der Waals surface area contributed by atoms with Crippen LogP contribution in [0.1, 0.15) is 22.8 Å². The molecule has 0 spiro atoms. The summed E-state index contributed by atoms with van der Waals surface area (Å²) in [5.74, 6) is 0.502. The number of anilines is 2. The van der Waals surface area contributed by atoms with Crippen molar-refractivity contribution in [1.29, 1.82) is 0 Å². The summed E-state index contributed by atoms with van der Waals surface area (Å²) in [6.07, 6.45) is 0. The Balaban J connectivity index is 2.25. The van der Waals surface area contributed by atoms with Crippen LogP contribution in [-0.4, -0.2) is 19.6 Å². The van der Waals surface area contributed by atoms with Gasteiger partial charge in [0.1, 0.15) is 5.75 Å². The van der Waals surface area contributed by atoms with E-state index in [2.05, 4.69) is 0 Å². The fraction of sp³-hybridized carbons (Fsp3) is 0.235. The molecule has 0 radical (unpaired) electrons. The Bertz CT molecular complexity index is 653. The van der Waals surface area contributed by atoms with Gasteiger partial charge < -0.3 is 15.4 Å². The summed E-state index contributed by atoms with van der Waals surface area (Å²) in [5.41, 5.74) is 8.89. The highest BCUT2D eigenvalue weighted by Gasteiger charge is 2.15. The van der Waals surface area contributed by atoms with Crippen molar-refractivity contribution in [2.75, 3.05) is 24.3 Å². The van der Waals surface area contributed by atoms with E-state index in [1.807, 2.05) is 38.1 Å². The summed E-state index contributed by atoms with van der Waals surface area (Å²) in [6.45, 7) is 4.43. The molecule has 21 heavy (non-hydrogen) atoms. The molecule has 0 aromatic heterocycles. The zero-order valence-electron chi connectivity index (χ0n) is 12.6. The van der Waals surface area contributed by atoms with E-state index < -0.39 is 0 Å². The Morgan fingerprint density at radius 1 is 1.24 bits per heavy atom. The number of nitrogen functional groups attached to an aromatic ring is 1. The average Bonchev–Trinajstić information content (AvgIpc) is 2.48. The number of amides is 1. The summed E-state index contributed by atoms with van der Waals surface area (Å²) in [7, 11) is 1.75. The maximum Gasteiger partial charge on any atom is 0.258 e. The molecule has 0 heterocycles. The van der Waals surface area contributed by atoms with Gasteiger partial charge in [0.25, 0.3) is 5.91 Å². The maximum absolute atomic E-state index is 12.5. The third-order valence-corrected chi connectivity index (χ3v) is 3.25. The van der Waals surface area contributed by atoms with E-state index in [1.165, 1.54) is 0 Å². The number of hydrogen-bond donors (Lipinski definition) is 1. The van der Waals surface area contributed by atoms with Gasteiger partial charge in [0.2, 0.25) is 0 Å². The second-order valence-corrected chi connectivity index (χ2v) is 4.89. The third kappa shape index (κ3) is 3.34. The van der Waals surface area contributed by atoms with Crippen LogP contribution in [0.3, 0.4) is 0 Å². The minimum absolute atomic E-state index is 0.102. The van der Waals surface area contributed by atoms with Crippen LogP contribution >= 0.6 is 0 Å². The number of carbonyl (C=O) groups excluding carboxylic acids is 1. The van der Waals surface area contributed by atoms with Gasteiger partial charge in [0.15, 0.2) is 0 Å². The van der Waals surface area contributed by atoms with Crippen LogP contribution in [0.5, 0.6) is 5.75 Å². The highest BCUT2D eigenvalue weighted by Crippen LogP contribution is 2.24. The number of rotatable bonds is 4. The number of hydrogen-bond acceptors (Lipinski definition) is 3. The van der Waals surface area contributed by atoms with Gasteiger partial charge in [0, 0.05) is 18.3 Å². The molecule has 1 amide bonds. The van der Waals surface area contributed by atoms with E-state index in [0.717, 1.165) is 11.3 Å². The quantitative estimate of drug-likeness (QED) is 0.877. The first kappa shape index (κ1) is 14.9. The number of nitrogens with zero attached hydrogens (tertiary/aromatic N) is 1. The zero-order chi connectivity index (χ0) is 15.4. The molecule has 110 valence electrons. The van der Waals surface area contributed by atoms with Crippen molar-refractivity contribution < 1.29 is 9.53 Å². The predicted molar refractivity (Wildman–Crippen MR) is 85.9 cm³/mol. The smallest absolute Gasteiger partial charge is 0.258 e. The molecule has 2 aromatic rings. The van der Waals surface area contributed by atoms with E-state index >= 15 is 0 Å². The van der Waals surface area contributed by atoms with Crippen LogP contribution in [0, 0.1) is 6.92 Å². The molecule has 2 rings (SSSR count). The van der Waals surface area contributed by atoms with E-state index in [0.29, 0.717) is 23.6 Å². The molecular formula is C17H20N2O2. The summed E-state index contributed by atoms with van der Waals surface area (Å²) in [6, 6.07) is 12.9. The molecule has 2 N–H and O–H groups in total. The molecule has 0 saturated heterocycles. The van der Waals surface area contributed by atoms with Gasteiger partial charge in [0.05, 0.1) is 12.3 Å². The van der Waals surface area contributed by atoms with Crippen LogP contribution in [0.4, 0.5) is 11.4 Å². The first-order valence-electron chi connectivity index (χ1n) is 6.90. The highest BCUT2D eigenvalue weighted by atomic mass is 16.5. The molecule has 2 aromatic carbocycles. The van der Waals surface area contributed by atoms with Crippen molar-refractivity contribution in [3.05, 3.63) is 53.6 Å². The molecule has 0 aliphatic carbocycles. The number of benzene rings is 2. The van der Waals surface area contributed by atoms with Crippen LogP contribution in [0.25, 0.3) is 0 Å². The van der Waals surface area contributed by atoms with Gasteiger partial charge in [-0.3, -0.25) is 4.79 Å². The SMILES string of the molecule is CCOc1ccc(C(=O)N(C)c2cccc(C)c2)cc1N. The molecule has 0 aliphatic rings. The lowest BCUT2D eigenvalue weighted by atomic mass is 10.1. The van der Waals surface area contributed by atoms with Gasteiger partial charge >= 0.3 is 0 Å². The summed E-state index contributed by atoms with van der Waals surface area (Å²) in [5, 5.41) is 0. The largest absolute Gasteiger partial charge is 0.492 e. The Kier molecular flexibility index (Phi) is 4.48. The monoisotopic (exact) mass is 284 g/mol. The van der Waals surface area contributed by atoms with E-state index in [9.17, 15) is 4.79 Å². The van der Waals surface area contributed by atoms with Crippen molar-refractivity contribution >= 4 is 17.3 Å². The second kappa shape index (κ2) is 6.31. The summed E-state index contributed by atoms with van der Waals surface area (Å²) < 4.78 is 5.38. The number of carbonyl (C=O) groups is 1. The van der Waals surface area contributed by atoms with Crippen molar-refractivity contribution in [2.24, 2.45) is 0 Å². The first-order chi connectivity index (χ1) is 10.0. The highest BCUT2D eigenvalue weighted by molar-refractivity contribution is 6.06. The maximum atomic E-state index is 12.5. The van der Waals surface area contributed by atoms with Crippen LogP contribution in [-0.2, 0) is 0 Å². The van der Waals surface area contributed by atoms with E-state index in [1.54, 1.807) is 30.1 Å². The predicted octanol–water partition coefficient (Wildman–Crippen LogP) is 3.25. The Morgan fingerprint density at radius 2 is 2.00 bits per heavy atom. The zero-order valence-corrected chi connectivity index (χ0v) is 12.6. The third-order valence-electron chi connectivity index (χ3n) is 3.25.